The van der Waals surface area contributed by atoms with E-state index in [4.69, 9.17) is 15.5 Å². The molecule has 2 aromatic heterocycles. The van der Waals surface area contributed by atoms with Gasteiger partial charge in [-0.2, -0.15) is 0 Å². The minimum absolute atomic E-state index is 0.417. The number of carbonyl (C=O) groups is 1. The van der Waals surface area contributed by atoms with Crippen molar-refractivity contribution >= 4 is 40.8 Å². The second-order valence-electron chi connectivity index (χ2n) is 9.32. The molecule has 0 aliphatic carbocycles. The molecule has 0 spiro atoms. The molecule has 9 nitrogen and oxygen atoms in total. The fourth-order valence-electron chi connectivity index (χ4n) is 5.01. The number of nitrogens with two attached hydrogens (primary N) is 1. The summed E-state index contributed by atoms with van der Waals surface area (Å²) < 4.78 is 8.02. The lowest BCUT2D eigenvalue weighted by atomic mass is 9.92. The molecule has 2 saturated heterocycles. The first-order chi connectivity index (χ1) is 16.7. The van der Waals surface area contributed by atoms with Crippen molar-refractivity contribution in [3.05, 3.63) is 24.0 Å². The highest BCUT2D eigenvalue weighted by molar-refractivity contribution is 7.99. The molecule has 3 aliphatic rings. The van der Waals surface area contributed by atoms with Crippen molar-refractivity contribution in [2.75, 3.05) is 43.4 Å². The van der Waals surface area contributed by atoms with E-state index >= 15 is 0 Å². The topological polar surface area (TPSA) is 102 Å². The molecule has 3 aliphatic heterocycles. The predicted molar refractivity (Wildman–Crippen MR) is 131 cm³/mol. The summed E-state index contributed by atoms with van der Waals surface area (Å²) in [5.41, 5.74) is 10.1. The molecule has 3 aromatic rings. The number of hydrogen-bond donors (Lipinski definition) is 1. The van der Waals surface area contributed by atoms with Crippen LogP contribution in [0.5, 0.6) is 5.75 Å². The summed E-state index contributed by atoms with van der Waals surface area (Å²) in [6.45, 7) is 5.46. The van der Waals surface area contributed by atoms with Gasteiger partial charge >= 0.3 is 0 Å². The number of nitrogens with zero attached hydrogens (tertiary/aromatic N) is 6. The molecular weight excluding hydrogens is 450 g/mol. The molecule has 34 heavy (non-hydrogen) atoms. The fraction of sp³-hybridized carbons (Fsp3) is 0.500. The number of imidazole rings is 1. The van der Waals surface area contributed by atoms with Gasteiger partial charge < -0.3 is 24.8 Å². The van der Waals surface area contributed by atoms with Crippen LogP contribution in [0.3, 0.4) is 0 Å². The van der Waals surface area contributed by atoms with Crippen LogP contribution >= 0.6 is 11.8 Å². The number of hydrogen-bond acceptors (Lipinski definition) is 8. The molecule has 0 atom stereocenters. The van der Waals surface area contributed by atoms with Crippen molar-refractivity contribution in [2.24, 2.45) is 5.92 Å². The Morgan fingerprint density at radius 2 is 2.03 bits per heavy atom. The van der Waals surface area contributed by atoms with Crippen molar-refractivity contribution in [3.8, 4) is 5.75 Å². The number of ether oxygens (including phenoxy) is 1. The average Bonchev–Trinajstić information content (AvgIpc) is 3.50. The van der Waals surface area contributed by atoms with Crippen molar-refractivity contribution in [2.45, 2.75) is 48.7 Å². The number of anilines is 2. The fourth-order valence-corrected chi connectivity index (χ4v) is 6.12. The maximum atomic E-state index is 11.0. The standard InChI is InChI=1S/C24H29N7O2S/c25-22-21-23(27-14-26-22)31(6-1-2-16-3-7-29(15-32)8-4-16)24(28-21)34-20-12-17-5-11-33-19(17)13-18(20)30-9-10-30/h12-16H,1-11H2,(H2,25,26,27). The highest BCUT2D eigenvalue weighted by atomic mass is 32.2. The Balaban J connectivity index is 1.26. The van der Waals surface area contributed by atoms with E-state index in [0.29, 0.717) is 17.3 Å². The largest absolute Gasteiger partial charge is 0.493 e. The Morgan fingerprint density at radius 1 is 1.18 bits per heavy atom. The summed E-state index contributed by atoms with van der Waals surface area (Å²) in [6, 6.07) is 4.45. The molecule has 0 bridgehead atoms. The highest BCUT2D eigenvalue weighted by Gasteiger charge is 2.27. The van der Waals surface area contributed by atoms with Crippen LogP contribution in [0.15, 0.2) is 28.5 Å². The maximum absolute atomic E-state index is 11.0. The number of likely N-dealkylation sites (tertiary alicyclic amines) is 1. The molecule has 6 rings (SSSR count). The second-order valence-corrected chi connectivity index (χ2v) is 10.3. The molecule has 1 aromatic carbocycles. The third-order valence-electron chi connectivity index (χ3n) is 7.08. The number of aromatic nitrogens is 4. The molecule has 178 valence electrons. The summed E-state index contributed by atoms with van der Waals surface area (Å²) in [6.07, 6.45) is 7.76. The predicted octanol–water partition coefficient (Wildman–Crippen LogP) is 2.96. The third kappa shape index (κ3) is 4.15. The molecule has 0 unspecified atom stereocenters. The van der Waals surface area contributed by atoms with Crippen LogP contribution in [0, 0.1) is 5.92 Å². The van der Waals surface area contributed by atoms with E-state index in [0.717, 1.165) is 94.4 Å². The highest BCUT2D eigenvalue weighted by Crippen LogP contribution is 2.43. The summed E-state index contributed by atoms with van der Waals surface area (Å²) in [5.74, 6) is 2.09. The second kappa shape index (κ2) is 8.98. The molecule has 1 amide bonds. The number of piperidine rings is 1. The molecule has 5 heterocycles. The van der Waals surface area contributed by atoms with Gasteiger partial charge in [0, 0.05) is 50.1 Å². The van der Waals surface area contributed by atoms with Crippen molar-refractivity contribution in [1.82, 2.24) is 24.4 Å². The minimum Gasteiger partial charge on any atom is -0.493 e. The summed E-state index contributed by atoms with van der Waals surface area (Å²) in [7, 11) is 0. The number of nitrogen functional groups attached to an aromatic ring is 1. The zero-order valence-electron chi connectivity index (χ0n) is 19.2. The smallest absolute Gasteiger partial charge is 0.209 e. The van der Waals surface area contributed by atoms with Gasteiger partial charge in [0.25, 0.3) is 0 Å². The quantitative estimate of drug-likeness (QED) is 0.389. The summed E-state index contributed by atoms with van der Waals surface area (Å²) >= 11 is 1.68. The molecule has 10 heteroatoms. The Bertz CT molecular complexity index is 1220. The number of carbonyl (C=O) groups excluding carboxylic acids is 1. The number of amides is 1. The van der Waals surface area contributed by atoms with E-state index in [-0.39, 0.29) is 0 Å². The first kappa shape index (κ1) is 21.5. The van der Waals surface area contributed by atoms with Crippen molar-refractivity contribution in [1.29, 1.82) is 0 Å². The normalized spacial score (nSPS) is 17.8. The summed E-state index contributed by atoms with van der Waals surface area (Å²) in [4.78, 5) is 30.0. The van der Waals surface area contributed by atoms with Crippen LogP contribution < -0.4 is 15.4 Å². The minimum atomic E-state index is 0.417. The monoisotopic (exact) mass is 479 g/mol. The van der Waals surface area contributed by atoms with Gasteiger partial charge in [-0.1, -0.05) is 0 Å². The molecule has 0 saturated carbocycles. The molecule has 2 fully saturated rings. The Morgan fingerprint density at radius 3 is 2.82 bits per heavy atom. The Kier molecular flexibility index (Phi) is 5.68. The number of rotatable bonds is 8. The van der Waals surface area contributed by atoms with Gasteiger partial charge in [-0.25, -0.2) is 15.0 Å². The first-order valence-electron chi connectivity index (χ1n) is 12.1. The number of fused-ring (bicyclic) bond motifs is 2. The van der Waals surface area contributed by atoms with Gasteiger partial charge in [0.2, 0.25) is 6.41 Å². The van der Waals surface area contributed by atoms with Crippen LogP contribution in [0.25, 0.3) is 11.2 Å². The van der Waals surface area contributed by atoms with Crippen LogP contribution in [-0.2, 0) is 17.8 Å². The van der Waals surface area contributed by atoms with E-state index in [1.807, 2.05) is 4.90 Å². The van der Waals surface area contributed by atoms with E-state index in [2.05, 4.69) is 31.6 Å². The van der Waals surface area contributed by atoms with Crippen LogP contribution in [0.2, 0.25) is 0 Å². The lowest BCUT2D eigenvalue weighted by molar-refractivity contribution is -0.119. The van der Waals surface area contributed by atoms with Gasteiger partial charge in [-0.15, -0.1) is 0 Å². The van der Waals surface area contributed by atoms with E-state index in [1.54, 1.807) is 11.8 Å². The van der Waals surface area contributed by atoms with E-state index in [9.17, 15) is 4.79 Å². The number of aryl methyl sites for hydroxylation is 1. The first-order valence-corrected chi connectivity index (χ1v) is 12.9. The molecule has 2 N–H and O–H groups in total. The Hall–Kier alpha value is -3.01. The van der Waals surface area contributed by atoms with Crippen LogP contribution in [0.1, 0.15) is 31.2 Å². The molecular formula is C24H29N7O2S. The van der Waals surface area contributed by atoms with E-state index < -0.39 is 0 Å². The van der Waals surface area contributed by atoms with Crippen molar-refractivity contribution in [3.63, 3.8) is 0 Å². The zero-order valence-corrected chi connectivity index (χ0v) is 20.0. The van der Waals surface area contributed by atoms with Crippen LogP contribution in [0.4, 0.5) is 11.5 Å². The van der Waals surface area contributed by atoms with Gasteiger partial charge in [-0.05, 0) is 55.0 Å². The van der Waals surface area contributed by atoms with Gasteiger partial charge in [0.1, 0.15) is 12.1 Å². The number of benzene rings is 1. The van der Waals surface area contributed by atoms with Gasteiger partial charge in [0.05, 0.1) is 12.3 Å². The summed E-state index contributed by atoms with van der Waals surface area (Å²) in [5, 5.41) is 0.903. The SMILES string of the molecule is Nc1ncnc2c1nc(Sc1cc3c(cc1N1CC1)OCC3)n2CCCC1CCN(C=O)CC1. The zero-order chi connectivity index (χ0) is 23.1. The van der Waals surface area contributed by atoms with Gasteiger partial charge in [0.15, 0.2) is 22.1 Å². The maximum Gasteiger partial charge on any atom is 0.209 e. The van der Waals surface area contributed by atoms with Crippen molar-refractivity contribution < 1.29 is 9.53 Å². The lowest BCUT2D eigenvalue weighted by Gasteiger charge is -2.29. The average molecular weight is 480 g/mol. The van der Waals surface area contributed by atoms with E-state index in [1.165, 1.54) is 22.5 Å². The molecule has 0 radical (unpaired) electrons. The lowest BCUT2D eigenvalue weighted by Crippen LogP contribution is -2.32. The Labute approximate surface area is 202 Å². The third-order valence-corrected chi connectivity index (χ3v) is 8.12. The van der Waals surface area contributed by atoms with Crippen LogP contribution in [-0.4, -0.2) is 63.6 Å². The van der Waals surface area contributed by atoms with Gasteiger partial charge in [-0.3, -0.25) is 4.79 Å².